The molecule has 0 aliphatic carbocycles. The Kier molecular flexibility index (Phi) is 5.49. The number of amides is 1. The van der Waals surface area contributed by atoms with Crippen LogP contribution in [0.4, 0.5) is 0 Å². The molecule has 4 heteroatoms. The molecule has 0 aromatic heterocycles. The fourth-order valence-corrected chi connectivity index (χ4v) is 1.28. The Morgan fingerprint density at radius 3 is 2.59 bits per heavy atom. The van der Waals surface area contributed by atoms with Gasteiger partial charge in [0.2, 0.25) is 5.91 Å². The van der Waals surface area contributed by atoms with E-state index in [1.54, 1.807) is 0 Å². The Morgan fingerprint density at radius 2 is 2.00 bits per heavy atom. The summed E-state index contributed by atoms with van der Waals surface area (Å²) in [6, 6.07) is 9.04. The minimum absolute atomic E-state index is 0.128. The molecule has 0 radical (unpaired) electrons. The third-order valence-corrected chi connectivity index (χ3v) is 2.43. The number of nitrogens with one attached hydrogen (secondary N) is 1. The van der Waals surface area contributed by atoms with Gasteiger partial charge in [-0.1, -0.05) is 32.0 Å². The van der Waals surface area contributed by atoms with Crippen LogP contribution in [0.25, 0.3) is 0 Å². The number of carbonyl (C=O) groups excluding carboxylic acids is 1. The van der Waals surface area contributed by atoms with Gasteiger partial charge in [-0.05, 0) is 18.1 Å². The molecule has 0 aliphatic heterocycles. The lowest BCUT2D eigenvalue weighted by Gasteiger charge is -2.15. The molecule has 1 unspecified atom stereocenters. The van der Waals surface area contributed by atoms with Gasteiger partial charge in [-0.2, -0.15) is 0 Å². The molecule has 1 aromatic carbocycles. The summed E-state index contributed by atoms with van der Waals surface area (Å²) in [5, 5.41) is 2.75. The van der Waals surface area contributed by atoms with E-state index in [1.165, 1.54) is 0 Å². The number of hydrogen-bond donors (Lipinski definition) is 2. The van der Waals surface area contributed by atoms with Crippen molar-refractivity contribution in [2.45, 2.75) is 19.9 Å². The van der Waals surface area contributed by atoms with E-state index in [4.69, 9.17) is 10.5 Å². The van der Waals surface area contributed by atoms with Crippen molar-refractivity contribution in [3.63, 3.8) is 0 Å². The quantitative estimate of drug-likeness (QED) is 0.729. The first-order valence-electron chi connectivity index (χ1n) is 5.82. The van der Waals surface area contributed by atoms with Crippen molar-refractivity contribution in [1.82, 2.24) is 5.32 Å². The molecule has 1 aromatic rings. The third-order valence-electron chi connectivity index (χ3n) is 2.43. The van der Waals surface area contributed by atoms with Crippen molar-refractivity contribution < 1.29 is 9.53 Å². The van der Waals surface area contributed by atoms with E-state index in [0.717, 1.165) is 5.75 Å². The van der Waals surface area contributed by atoms with Gasteiger partial charge in [0.05, 0.1) is 12.6 Å². The minimum atomic E-state index is -0.452. The van der Waals surface area contributed by atoms with Gasteiger partial charge in [0.15, 0.2) is 0 Å². The van der Waals surface area contributed by atoms with Crippen molar-refractivity contribution in [1.29, 1.82) is 0 Å². The zero-order chi connectivity index (χ0) is 12.7. The molecule has 0 heterocycles. The maximum absolute atomic E-state index is 11.5. The summed E-state index contributed by atoms with van der Waals surface area (Å²) < 4.78 is 5.44. The number of ether oxygens (including phenoxy) is 1. The summed E-state index contributed by atoms with van der Waals surface area (Å²) in [6.45, 7) is 4.75. The molecule has 0 aliphatic rings. The first-order chi connectivity index (χ1) is 8.11. The van der Waals surface area contributed by atoms with Crippen LogP contribution in [0, 0.1) is 5.92 Å². The number of nitrogens with two attached hydrogens (primary N) is 1. The van der Waals surface area contributed by atoms with Gasteiger partial charge < -0.3 is 15.8 Å². The molecule has 4 nitrogen and oxygen atoms in total. The standard InChI is InChI=1S/C13H20N2O2/c1-10(2)12(14)13(16)15-8-9-17-11-6-4-3-5-7-11/h3-7,10,12H,8-9,14H2,1-2H3,(H,15,16). The highest BCUT2D eigenvalue weighted by molar-refractivity contribution is 5.81. The lowest BCUT2D eigenvalue weighted by molar-refractivity contribution is -0.123. The largest absolute Gasteiger partial charge is 0.492 e. The smallest absolute Gasteiger partial charge is 0.237 e. The number of hydrogen-bond acceptors (Lipinski definition) is 3. The van der Waals surface area contributed by atoms with Crippen LogP contribution in [0.15, 0.2) is 30.3 Å². The summed E-state index contributed by atoms with van der Waals surface area (Å²) in [5.41, 5.74) is 5.70. The molecule has 94 valence electrons. The maximum atomic E-state index is 11.5. The van der Waals surface area contributed by atoms with Crippen molar-refractivity contribution >= 4 is 5.91 Å². The van der Waals surface area contributed by atoms with Crippen molar-refractivity contribution in [2.24, 2.45) is 11.7 Å². The summed E-state index contributed by atoms with van der Waals surface area (Å²) in [7, 11) is 0. The predicted octanol–water partition coefficient (Wildman–Crippen LogP) is 1.16. The molecule has 0 saturated heterocycles. The van der Waals surface area contributed by atoms with Crippen LogP contribution in [0.5, 0.6) is 5.75 Å². The van der Waals surface area contributed by atoms with E-state index < -0.39 is 6.04 Å². The predicted molar refractivity (Wildman–Crippen MR) is 67.8 cm³/mol. The van der Waals surface area contributed by atoms with E-state index in [1.807, 2.05) is 44.2 Å². The van der Waals surface area contributed by atoms with Gasteiger partial charge in [-0.15, -0.1) is 0 Å². The Balaban J connectivity index is 2.18. The fraction of sp³-hybridized carbons (Fsp3) is 0.462. The molecule has 0 spiro atoms. The van der Waals surface area contributed by atoms with E-state index >= 15 is 0 Å². The number of benzene rings is 1. The van der Waals surface area contributed by atoms with Crippen LogP contribution < -0.4 is 15.8 Å². The topological polar surface area (TPSA) is 64.4 Å². The zero-order valence-corrected chi connectivity index (χ0v) is 10.3. The summed E-state index contributed by atoms with van der Waals surface area (Å²) in [6.07, 6.45) is 0. The highest BCUT2D eigenvalue weighted by Crippen LogP contribution is 2.07. The Bertz CT molecular complexity index is 339. The van der Waals surface area contributed by atoms with Crippen molar-refractivity contribution in [3.05, 3.63) is 30.3 Å². The minimum Gasteiger partial charge on any atom is -0.492 e. The second-order valence-electron chi connectivity index (χ2n) is 4.22. The van der Waals surface area contributed by atoms with Crippen LogP contribution in [0.1, 0.15) is 13.8 Å². The number of rotatable bonds is 6. The summed E-state index contributed by atoms with van der Waals surface area (Å²) in [4.78, 5) is 11.5. The molecule has 1 atom stereocenters. The molecular formula is C13H20N2O2. The fourth-order valence-electron chi connectivity index (χ4n) is 1.28. The van der Waals surface area contributed by atoms with E-state index in [2.05, 4.69) is 5.32 Å². The molecule has 0 saturated carbocycles. The van der Waals surface area contributed by atoms with Gasteiger partial charge in [-0.25, -0.2) is 0 Å². The summed E-state index contributed by atoms with van der Waals surface area (Å²) in [5.74, 6) is 0.816. The zero-order valence-electron chi connectivity index (χ0n) is 10.3. The van der Waals surface area contributed by atoms with E-state index in [-0.39, 0.29) is 11.8 Å². The number of carbonyl (C=O) groups is 1. The molecule has 1 rings (SSSR count). The highest BCUT2D eigenvalue weighted by Gasteiger charge is 2.16. The highest BCUT2D eigenvalue weighted by atomic mass is 16.5. The average molecular weight is 236 g/mol. The van der Waals surface area contributed by atoms with Crippen LogP contribution >= 0.6 is 0 Å². The first-order valence-corrected chi connectivity index (χ1v) is 5.82. The van der Waals surface area contributed by atoms with E-state index in [9.17, 15) is 4.79 Å². The molecule has 0 bridgehead atoms. The molecule has 3 N–H and O–H groups in total. The van der Waals surface area contributed by atoms with Gasteiger partial charge in [0.1, 0.15) is 12.4 Å². The lowest BCUT2D eigenvalue weighted by atomic mass is 10.1. The van der Waals surface area contributed by atoms with Crippen LogP contribution in [0.2, 0.25) is 0 Å². The SMILES string of the molecule is CC(C)C(N)C(=O)NCCOc1ccccc1. The van der Waals surface area contributed by atoms with Gasteiger partial charge in [-0.3, -0.25) is 4.79 Å². The maximum Gasteiger partial charge on any atom is 0.237 e. The Morgan fingerprint density at radius 1 is 1.35 bits per heavy atom. The Hall–Kier alpha value is -1.55. The average Bonchev–Trinajstić information content (AvgIpc) is 2.34. The molecular weight excluding hydrogens is 216 g/mol. The monoisotopic (exact) mass is 236 g/mol. The van der Waals surface area contributed by atoms with Gasteiger partial charge in [0.25, 0.3) is 0 Å². The van der Waals surface area contributed by atoms with Gasteiger partial charge in [0, 0.05) is 0 Å². The molecule has 1 amide bonds. The lowest BCUT2D eigenvalue weighted by Crippen LogP contribution is -2.45. The third kappa shape index (κ3) is 4.87. The second kappa shape index (κ2) is 6.91. The molecule has 0 fully saturated rings. The van der Waals surface area contributed by atoms with Gasteiger partial charge >= 0.3 is 0 Å². The first kappa shape index (κ1) is 13.5. The summed E-state index contributed by atoms with van der Waals surface area (Å²) >= 11 is 0. The molecule has 17 heavy (non-hydrogen) atoms. The Labute approximate surface area is 102 Å². The van der Waals surface area contributed by atoms with Crippen molar-refractivity contribution in [3.8, 4) is 5.75 Å². The van der Waals surface area contributed by atoms with Crippen molar-refractivity contribution in [2.75, 3.05) is 13.2 Å². The second-order valence-corrected chi connectivity index (χ2v) is 4.22. The van der Waals surface area contributed by atoms with E-state index in [0.29, 0.717) is 13.2 Å². The van der Waals surface area contributed by atoms with Crippen LogP contribution in [-0.4, -0.2) is 25.1 Å². The van der Waals surface area contributed by atoms with Crippen LogP contribution in [-0.2, 0) is 4.79 Å². The number of para-hydroxylation sites is 1. The van der Waals surface area contributed by atoms with Crippen LogP contribution in [0.3, 0.4) is 0 Å². The normalized spacial score (nSPS) is 12.2.